The summed E-state index contributed by atoms with van der Waals surface area (Å²) in [7, 11) is 0. The van der Waals surface area contributed by atoms with E-state index in [2.05, 4.69) is 30.8 Å². The number of carbonyl (C=O) groups excluding carboxylic acids is 1. The quantitative estimate of drug-likeness (QED) is 0.574. The molecule has 1 fully saturated rings. The first-order chi connectivity index (χ1) is 13.7. The van der Waals surface area contributed by atoms with Crippen LogP contribution in [0, 0.1) is 0 Å². The molecule has 146 valence electrons. The summed E-state index contributed by atoms with van der Waals surface area (Å²) in [5, 5.41) is 15.7. The first-order valence-corrected chi connectivity index (χ1v) is 10.5. The van der Waals surface area contributed by atoms with Gasteiger partial charge in [0.05, 0.1) is 17.9 Å². The first-order valence-electron chi connectivity index (χ1n) is 9.70. The van der Waals surface area contributed by atoms with Crippen molar-refractivity contribution < 1.29 is 4.79 Å². The van der Waals surface area contributed by atoms with Crippen LogP contribution in [0.2, 0.25) is 0 Å². The van der Waals surface area contributed by atoms with Crippen molar-refractivity contribution in [1.29, 1.82) is 0 Å². The number of amides is 2. The summed E-state index contributed by atoms with van der Waals surface area (Å²) in [6.45, 7) is 1.89. The fraction of sp³-hybridized carbons (Fsp3) is 0.400. The lowest BCUT2D eigenvalue weighted by Crippen LogP contribution is -2.31. The summed E-state index contributed by atoms with van der Waals surface area (Å²) < 4.78 is 0. The van der Waals surface area contributed by atoms with Gasteiger partial charge in [-0.25, -0.2) is 9.78 Å². The summed E-state index contributed by atoms with van der Waals surface area (Å²) in [6, 6.07) is 9.40. The summed E-state index contributed by atoms with van der Waals surface area (Å²) in [6.07, 6.45) is 7.92. The van der Waals surface area contributed by atoms with Gasteiger partial charge in [0, 0.05) is 5.92 Å². The predicted octanol–water partition coefficient (Wildman–Crippen LogP) is 4.86. The Morgan fingerprint density at radius 3 is 2.75 bits per heavy atom. The second-order valence-corrected chi connectivity index (χ2v) is 8.16. The Bertz CT molecular complexity index is 916. The van der Waals surface area contributed by atoms with Crippen molar-refractivity contribution in [3.8, 4) is 11.3 Å². The molecule has 1 unspecified atom stereocenters. The van der Waals surface area contributed by atoms with E-state index in [9.17, 15) is 4.79 Å². The van der Waals surface area contributed by atoms with Gasteiger partial charge in [0.2, 0.25) is 5.13 Å². The van der Waals surface area contributed by atoms with E-state index in [-0.39, 0.29) is 12.1 Å². The van der Waals surface area contributed by atoms with Crippen LogP contribution in [0.25, 0.3) is 11.3 Å². The Labute approximate surface area is 168 Å². The zero-order chi connectivity index (χ0) is 19.3. The van der Waals surface area contributed by atoms with Crippen LogP contribution in [-0.2, 0) is 0 Å². The molecule has 1 aromatic carbocycles. The lowest BCUT2D eigenvalue weighted by atomic mass is 9.90. The van der Waals surface area contributed by atoms with E-state index in [1.54, 1.807) is 6.20 Å². The SMILES string of the molecule is CC(NC(=O)Nc1nnc(C2CCCCC2)s1)c1ncc(-c2ccccc2)[nH]1. The van der Waals surface area contributed by atoms with Gasteiger partial charge >= 0.3 is 6.03 Å². The van der Waals surface area contributed by atoms with Gasteiger partial charge < -0.3 is 10.3 Å². The minimum atomic E-state index is -0.309. The van der Waals surface area contributed by atoms with Crippen LogP contribution >= 0.6 is 11.3 Å². The number of rotatable bonds is 5. The number of aromatic amines is 1. The molecule has 28 heavy (non-hydrogen) atoms. The number of H-pyrrole nitrogens is 1. The number of benzene rings is 1. The highest BCUT2D eigenvalue weighted by molar-refractivity contribution is 7.15. The molecule has 2 heterocycles. The fourth-order valence-corrected chi connectivity index (χ4v) is 4.43. The van der Waals surface area contributed by atoms with Crippen molar-refractivity contribution >= 4 is 22.5 Å². The molecule has 0 aliphatic heterocycles. The molecule has 1 aliphatic carbocycles. The number of imidazole rings is 1. The molecule has 1 aliphatic rings. The number of aromatic nitrogens is 4. The van der Waals surface area contributed by atoms with Gasteiger partial charge in [-0.1, -0.05) is 60.9 Å². The molecule has 8 heteroatoms. The van der Waals surface area contributed by atoms with Gasteiger partial charge in [-0.2, -0.15) is 0 Å². The van der Waals surface area contributed by atoms with Crippen molar-refractivity contribution in [3.05, 3.63) is 47.4 Å². The molecule has 0 spiro atoms. The third kappa shape index (κ3) is 4.39. The van der Waals surface area contributed by atoms with Crippen LogP contribution < -0.4 is 10.6 Å². The topological polar surface area (TPSA) is 95.6 Å². The minimum absolute atomic E-state index is 0.261. The summed E-state index contributed by atoms with van der Waals surface area (Å²) in [5.41, 5.74) is 1.98. The number of urea groups is 1. The third-order valence-corrected chi connectivity index (χ3v) is 6.05. The monoisotopic (exact) mass is 396 g/mol. The zero-order valence-electron chi connectivity index (χ0n) is 15.8. The molecular weight excluding hydrogens is 372 g/mol. The van der Waals surface area contributed by atoms with E-state index in [0.717, 1.165) is 16.3 Å². The maximum Gasteiger partial charge on any atom is 0.321 e. The molecule has 3 N–H and O–H groups in total. The number of hydrogen-bond acceptors (Lipinski definition) is 5. The smallest absolute Gasteiger partial charge is 0.321 e. The molecule has 0 bridgehead atoms. The average molecular weight is 397 g/mol. The Hall–Kier alpha value is -2.74. The summed E-state index contributed by atoms with van der Waals surface area (Å²) in [4.78, 5) is 20.0. The highest BCUT2D eigenvalue weighted by atomic mass is 32.1. The standard InChI is InChI=1S/C20H24N6OS/c1-13(17-21-12-16(23-17)14-8-4-2-5-9-14)22-19(27)24-20-26-25-18(28-20)15-10-6-3-7-11-15/h2,4-5,8-9,12-13,15H,3,6-7,10-11H2,1H3,(H,21,23)(H2,22,24,26,27). The summed E-state index contributed by atoms with van der Waals surface area (Å²) in [5.74, 6) is 1.19. The van der Waals surface area contributed by atoms with Crippen molar-refractivity contribution in [1.82, 2.24) is 25.5 Å². The average Bonchev–Trinajstić information content (AvgIpc) is 3.39. The molecule has 1 atom stereocenters. The van der Waals surface area contributed by atoms with Gasteiger partial charge in [-0.05, 0) is 25.3 Å². The highest BCUT2D eigenvalue weighted by Gasteiger charge is 2.21. The van der Waals surface area contributed by atoms with E-state index < -0.39 is 0 Å². The van der Waals surface area contributed by atoms with Crippen molar-refractivity contribution in [3.63, 3.8) is 0 Å². The molecular formula is C20H24N6OS. The lowest BCUT2D eigenvalue weighted by Gasteiger charge is -2.18. The van der Waals surface area contributed by atoms with E-state index in [1.807, 2.05) is 37.3 Å². The maximum absolute atomic E-state index is 12.3. The molecule has 4 rings (SSSR count). The van der Waals surface area contributed by atoms with Crippen LogP contribution in [0.1, 0.15) is 61.8 Å². The minimum Gasteiger partial charge on any atom is -0.340 e. The predicted molar refractivity (Wildman–Crippen MR) is 110 cm³/mol. The lowest BCUT2D eigenvalue weighted by molar-refractivity contribution is 0.249. The van der Waals surface area contributed by atoms with E-state index in [4.69, 9.17) is 0 Å². The van der Waals surface area contributed by atoms with Gasteiger partial charge in [-0.15, -0.1) is 10.2 Å². The van der Waals surface area contributed by atoms with Crippen LogP contribution in [0.4, 0.5) is 9.93 Å². The van der Waals surface area contributed by atoms with Crippen LogP contribution in [0.15, 0.2) is 36.5 Å². The number of carbonyl (C=O) groups is 1. The molecule has 7 nitrogen and oxygen atoms in total. The van der Waals surface area contributed by atoms with E-state index >= 15 is 0 Å². The number of nitrogens with one attached hydrogen (secondary N) is 3. The van der Waals surface area contributed by atoms with Crippen LogP contribution in [0.5, 0.6) is 0 Å². The molecule has 2 amide bonds. The second-order valence-electron chi connectivity index (χ2n) is 7.15. The summed E-state index contributed by atoms with van der Waals surface area (Å²) >= 11 is 1.47. The Kier molecular flexibility index (Phi) is 5.66. The first kappa shape index (κ1) is 18.6. The fourth-order valence-electron chi connectivity index (χ4n) is 3.52. The zero-order valence-corrected chi connectivity index (χ0v) is 16.6. The van der Waals surface area contributed by atoms with Gasteiger partial charge in [0.1, 0.15) is 10.8 Å². The van der Waals surface area contributed by atoms with Crippen LogP contribution in [0.3, 0.4) is 0 Å². The number of anilines is 1. The van der Waals surface area contributed by atoms with Crippen molar-refractivity contribution in [2.45, 2.75) is 51.0 Å². The van der Waals surface area contributed by atoms with Crippen LogP contribution in [-0.4, -0.2) is 26.2 Å². The third-order valence-electron chi connectivity index (χ3n) is 5.05. The Morgan fingerprint density at radius 2 is 1.96 bits per heavy atom. The number of hydrogen-bond donors (Lipinski definition) is 3. The van der Waals surface area contributed by atoms with E-state index in [1.165, 1.54) is 43.4 Å². The normalized spacial score (nSPS) is 15.9. The largest absolute Gasteiger partial charge is 0.340 e. The number of nitrogens with zero attached hydrogens (tertiary/aromatic N) is 3. The van der Waals surface area contributed by atoms with Gasteiger partial charge in [-0.3, -0.25) is 5.32 Å². The second kappa shape index (κ2) is 8.52. The van der Waals surface area contributed by atoms with Crippen molar-refractivity contribution in [2.24, 2.45) is 0 Å². The molecule has 3 aromatic rings. The maximum atomic E-state index is 12.3. The van der Waals surface area contributed by atoms with Crippen molar-refractivity contribution in [2.75, 3.05) is 5.32 Å². The van der Waals surface area contributed by atoms with Gasteiger partial charge in [0.25, 0.3) is 0 Å². The Morgan fingerprint density at radius 1 is 1.18 bits per heavy atom. The molecule has 2 aromatic heterocycles. The Balaban J connectivity index is 1.34. The van der Waals surface area contributed by atoms with Gasteiger partial charge in [0.15, 0.2) is 0 Å². The highest BCUT2D eigenvalue weighted by Crippen LogP contribution is 2.35. The molecule has 1 saturated carbocycles. The molecule has 0 radical (unpaired) electrons. The van der Waals surface area contributed by atoms with E-state index in [0.29, 0.717) is 16.9 Å². The molecule has 0 saturated heterocycles.